The van der Waals surface area contributed by atoms with Crippen molar-refractivity contribution in [3.05, 3.63) is 81.4 Å². The Morgan fingerprint density at radius 3 is 2.70 bits per heavy atom. The fourth-order valence-corrected chi connectivity index (χ4v) is 4.99. The summed E-state index contributed by atoms with van der Waals surface area (Å²) in [5, 5.41) is 0.932. The van der Waals surface area contributed by atoms with E-state index in [0.29, 0.717) is 5.65 Å². The monoisotopic (exact) mass is 440 g/mol. The van der Waals surface area contributed by atoms with Crippen LogP contribution in [0.25, 0.3) is 28.0 Å². The number of aromatic amines is 1. The van der Waals surface area contributed by atoms with Gasteiger partial charge in [0.15, 0.2) is 0 Å². The molecule has 0 saturated heterocycles. The summed E-state index contributed by atoms with van der Waals surface area (Å²) in [6, 6.07) is 14.9. The van der Waals surface area contributed by atoms with Crippen molar-refractivity contribution in [3.63, 3.8) is 0 Å². The van der Waals surface area contributed by atoms with E-state index in [1.54, 1.807) is 10.1 Å². The summed E-state index contributed by atoms with van der Waals surface area (Å²) >= 11 is 0. The second-order valence-electron chi connectivity index (χ2n) is 9.57. The molecule has 2 aromatic heterocycles. The van der Waals surface area contributed by atoms with Gasteiger partial charge >= 0.3 is 5.69 Å². The Morgan fingerprint density at radius 1 is 1.12 bits per heavy atom. The van der Waals surface area contributed by atoms with E-state index in [4.69, 9.17) is 5.73 Å². The normalized spacial score (nSPS) is 14.4. The molecular formula is C28H32N4O. The van der Waals surface area contributed by atoms with Gasteiger partial charge in [-0.05, 0) is 111 Å². The first kappa shape index (κ1) is 21.7. The minimum absolute atomic E-state index is 0.241. The van der Waals surface area contributed by atoms with Gasteiger partial charge in [0.25, 0.3) is 0 Å². The van der Waals surface area contributed by atoms with E-state index in [-0.39, 0.29) is 11.7 Å². The summed E-state index contributed by atoms with van der Waals surface area (Å²) in [7, 11) is 0. The summed E-state index contributed by atoms with van der Waals surface area (Å²) in [5.74, 6) is 0. The van der Waals surface area contributed by atoms with Crippen LogP contribution >= 0.6 is 0 Å². The lowest BCUT2D eigenvalue weighted by atomic mass is 9.84. The minimum Gasteiger partial charge on any atom is -0.339 e. The molecule has 2 heterocycles. The highest BCUT2D eigenvalue weighted by molar-refractivity contribution is 5.83. The number of nitrogens with one attached hydrogen (secondary N) is 1. The Kier molecular flexibility index (Phi) is 5.90. The van der Waals surface area contributed by atoms with Crippen molar-refractivity contribution < 1.29 is 0 Å². The zero-order chi connectivity index (χ0) is 22.9. The third-order valence-corrected chi connectivity index (χ3v) is 6.79. The van der Waals surface area contributed by atoms with Crippen molar-refractivity contribution in [2.75, 3.05) is 0 Å². The highest BCUT2D eigenvalue weighted by Gasteiger charge is 2.17. The van der Waals surface area contributed by atoms with Crippen LogP contribution in [0.3, 0.4) is 0 Å². The Morgan fingerprint density at radius 2 is 1.91 bits per heavy atom. The van der Waals surface area contributed by atoms with E-state index in [1.807, 2.05) is 37.4 Å². The zero-order valence-corrected chi connectivity index (χ0v) is 19.5. The standard InChI is InChI=1S/C28H32N4O/c1-18-10-12-24(13-11-18)32-17-23-16-26(30-27(23)31-28(32)33)22-14-20-7-3-4-9-25(20)21(15-22)8-5-6-19(2)29/h10-17,19H,3-9,29H2,1-2H3,(H,30,31,33)/t19-/m0/s1. The average Bonchev–Trinajstić information content (AvgIpc) is 3.21. The highest BCUT2D eigenvalue weighted by Crippen LogP contribution is 2.32. The van der Waals surface area contributed by atoms with Crippen molar-refractivity contribution in [1.82, 2.24) is 14.5 Å². The third-order valence-electron chi connectivity index (χ3n) is 6.79. The van der Waals surface area contributed by atoms with Gasteiger partial charge in [0.2, 0.25) is 0 Å². The molecule has 5 heteroatoms. The molecule has 0 spiro atoms. The number of fused-ring (bicyclic) bond motifs is 2. The summed E-state index contributed by atoms with van der Waals surface area (Å²) in [6.45, 7) is 4.12. The molecule has 1 atom stereocenters. The molecule has 33 heavy (non-hydrogen) atoms. The minimum atomic E-state index is -0.276. The molecule has 1 aliphatic rings. The van der Waals surface area contributed by atoms with Gasteiger partial charge in [-0.3, -0.25) is 4.57 Å². The lowest BCUT2D eigenvalue weighted by Crippen LogP contribution is -2.20. The SMILES string of the molecule is Cc1ccc(-n2cc3cc(-c4cc5c(c(CCC[C@H](C)N)c4)CCCC5)[nH]c3nc2=O)cc1. The van der Waals surface area contributed by atoms with E-state index in [2.05, 4.69) is 35.1 Å². The Hall–Kier alpha value is -3.18. The molecule has 4 aromatic rings. The smallest absolute Gasteiger partial charge is 0.339 e. The van der Waals surface area contributed by atoms with Crippen LogP contribution in [-0.2, 0) is 19.3 Å². The molecule has 0 radical (unpaired) electrons. The molecule has 2 aromatic carbocycles. The van der Waals surface area contributed by atoms with Crippen LogP contribution in [0, 0.1) is 6.92 Å². The molecule has 0 unspecified atom stereocenters. The third kappa shape index (κ3) is 4.51. The number of nitrogens with two attached hydrogens (primary N) is 1. The molecular weight excluding hydrogens is 408 g/mol. The molecule has 0 aliphatic heterocycles. The van der Waals surface area contributed by atoms with Crippen molar-refractivity contribution in [1.29, 1.82) is 0 Å². The quantitative estimate of drug-likeness (QED) is 0.431. The second-order valence-corrected chi connectivity index (χ2v) is 9.57. The summed E-state index contributed by atoms with van der Waals surface area (Å²) < 4.78 is 1.62. The van der Waals surface area contributed by atoms with Crippen LogP contribution in [-0.4, -0.2) is 20.6 Å². The first-order valence-electron chi connectivity index (χ1n) is 12.1. The predicted molar refractivity (Wildman–Crippen MR) is 135 cm³/mol. The highest BCUT2D eigenvalue weighted by atomic mass is 16.1. The molecule has 1 aliphatic carbocycles. The summed E-state index contributed by atoms with van der Waals surface area (Å²) in [4.78, 5) is 20.4. The first-order chi connectivity index (χ1) is 16.0. The van der Waals surface area contributed by atoms with E-state index in [1.165, 1.54) is 36.0 Å². The number of benzene rings is 2. The molecule has 170 valence electrons. The fraction of sp³-hybridized carbons (Fsp3) is 0.357. The molecule has 5 rings (SSSR count). The Bertz CT molecular complexity index is 1350. The number of aromatic nitrogens is 3. The summed E-state index contributed by atoms with van der Waals surface area (Å²) in [5.41, 5.74) is 15.0. The van der Waals surface area contributed by atoms with Gasteiger partial charge in [0.1, 0.15) is 5.65 Å². The van der Waals surface area contributed by atoms with Crippen LogP contribution in [0.2, 0.25) is 0 Å². The molecule has 0 bridgehead atoms. The van der Waals surface area contributed by atoms with Crippen LogP contribution in [0.1, 0.15) is 54.9 Å². The van der Waals surface area contributed by atoms with Gasteiger partial charge in [-0.2, -0.15) is 4.98 Å². The lowest BCUT2D eigenvalue weighted by Gasteiger charge is -2.21. The number of H-pyrrole nitrogens is 1. The largest absolute Gasteiger partial charge is 0.354 e. The van der Waals surface area contributed by atoms with E-state index < -0.39 is 0 Å². The number of hydrogen-bond acceptors (Lipinski definition) is 3. The van der Waals surface area contributed by atoms with E-state index in [9.17, 15) is 4.79 Å². The fourth-order valence-electron chi connectivity index (χ4n) is 4.99. The number of aryl methyl sites for hydroxylation is 3. The molecule has 5 nitrogen and oxygen atoms in total. The second kappa shape index (κ2) is 8.99. The van der Waals surface area contributed by atoms with Crippen molar-refractivity contribution in [2.45, 2.75) is 64.8 Å². The van der Waals surface area contributed by atoms with E-state index in [0.717, 1.165) is 48.0 Å². The number of nitrogens with zero attached hydrogens (tertiary/aromatic N) is 2. The number of hydrogen-bond donors (Lipinski definition) is 2. The summed E-state index contributed by atoms with van der Waals surface area (Å²) in [6.07, 6.45) is 9.94. The maximum atomic E-state index is 12.7. The van der Waals surface area contributed by atoms with Crippen molar-refractivity contribution in [3.8, 4) is 16.9 Å². The van der Waals surface area contributed by atoms with Gasteiger partial charge in [-0.1, -0.05) is 17.7 Å². The van der Waals surface area contributed by atoms with E-state index >= 15 is 0 Å². The molecule has 0 saturated carbocycles. The van der Waals surface area contributed by atoms with Crippen molar-refractivity contribution in [2.24, 2.45) is 5.73 Å². The topological polar surface area (TPSA) is 76.7 Å². The van der Waals surface area contributed by atoms with Crippen LogP contribution in [0.4, 0.5) is 0 Å². The van der Waals surface area contributed by atoms with Gasteiger partial charge in [-0.25, -0.2) is 4.79 Å². The van der Waals surface area contributed by atoms with Crippen LogP contribution < -0.4 is 11.4 Å². The van der Waals surface area contributed by atoms with Crippen LogP contribution in [0.15, 0.2) is 53.5 Å². The lowest BCUT2D eigenvalue weighted by molar-refractivity contribution is 0.617. The Labute approximate surface area is 194 Å². The van der Waals surface area contributed by atoms with Crippen molar-refractivity contribution >= 4 is 11.0 Å². The maximum Gasteiger partial charge on any atom is 0.354 e. The average molecular weight is 441 g/mol. The van der Waals surface area contributed by atoms with Crippen LogP contribution in [0.5, 0.6) is 0 Å². The molecule has 0 fully saturated rings. The Balaban J connectivity index is 1.54. The zero-order valence-electron chi connectivity index (χ0n) is 19.5. The number of rotatable bonds is 6. The van der Waals surface area contributed by atoms with Gasteiger partial charge in [0.05, 0.1) is 5.69 Å². The predicted octanol–water partition coefficient (Wildman–Crippen LogP) is 5.24. The molecule has 3 N–H and O–H groups in total. The van der Waals surface area contributed by atoms with Gasteiger partial charge in [0, 0.05) is 23.3 Å². The molecule has 0 amide bonds. The maximum absolute atomic E-state index is 12.7. The first-order valence-corrected chi connectivity index (χ1v) is 12.1. The van der Waals surface area contributed by atoms with Gasteiger partial charge in [-0.15, -0.1) is 0 Å². The van der Waals surface area contributed by atoms with Gasteiger partial charge < -0.3 is 10.7 Å².